The van der Waals surface area contributed by atoms with Crippen LogP contribution in [0.2, 0.25) is 0 Å². The van der Waals surface area contributed by atoms with Crippen LogP contribution >= 0.6 is 0 Å². The van der Waals surface area contributed by atoms with E-state index >= 15 is 0 Å². The monoisotopic (exact) mass is 316 g/mol. The van der Waals surface area contributed by atoms with Crippen LogP contribution < -0.4 is 5.32 Å². The molecule has 2 aliphatic rings. The predicted molar refractivity (Wildman–Crippen MR) is 88.2 cm³/mol. The van der Waals surface area contributed by atoms with Gasteiger partial charge in [-0.05, 0) is 24.5 Å². The van der Waals surface area contributed by atoms with Gasteiger partial charge in [-0.15, -0.1) is 0 Å². The summed E-state index contributed by atoms with van der Waals surface area (Å²) < 4.78 is 11.4. The molecule has 1 N–H and O–H groups in total. The van der Waals surface area contributed by atoms with Gasteiger partial charge in [-0.1, -0.05) is 36.4 Å². The van der Waals surface area contributed by atoms with Crippen LogP contribution in [-0.4, -0.2) is 50.4 Å². The number of urea groups is 1. The van der Waals surface area contributed by atoms with E-state index in [1.54, 1.807) is 0 Å². The molecule has 0 aliphatic carbocycles. The highest BCUT2D eigenvalue weighted by Crippen LogP contribution is 2.29. The Labute approximate surface area is 137 Å². The van der Waals surface area contributed by atoms with Crippen molar-refractivity contribution in [3.63, 3.8) is 0 Å². The molecule has 23 heavy (non-hydrogen) atoms. The Morgan fingerprint density at radius 2 is 2.13 bits per heavy atom. The molecular weight excluding hydrogens is 292 g/mol. The molecule has 2 heterocycles. The lowest BCUT2D eigenvalue weighted by Crippen LogP contribution is -2.53. The normalized spacial score (nSPS) is 24.9. The van der Waals surface area contributed by atoms with Gasteiger partial charge in [0.05, 0.1) is 26.4 Å². The highest BCUT2D eigenvalue weighted by Gasteiger charge is 2.35. The van der Waals surface area contributed by atoms with Crippen molar-refractivity contribution in [1.29, 1.82) is 0 Å². The number of hydrogen-bond acceptors (Lipinski definition) is 3. The van der Waals surface area contributed by atoms with Gasteiger partial charge < -0.3 is 19.7 Å². The van der Waals surface area contributed by atoms with Gasteiger partial charge in [0.25, 0.3) is 0 Å². The Hall–Kier alpha value is -1.85. The summed E-state index contributed by atoms with van der Waals surface area (Å²) in [4.78, 5) is 14.3. The van der Waals surface area contributed by atoms with Gasteiger partial charge in [0.1, 0.15) is 5.60 Å². The number of rotatable bonds is 3. The Morgan fingerprint density at radius 1 is 1.30 bits per heavy atom. The molecular formula is C18H24N2O3. The molecule has 0 aromatic heterocycles. The summed E-state index contributed by atoms with van der Waals surface area (Å²) in [5.74, 6) is 0. The minimum atomic E-state index is -0.454. The highest BCUT2D eigenvalue weighted by molar-refractivity contribution is 5.74. The van der Waals surface area contributed by atoms with E-state index in [2.05, 4.69) is 11.4 Å². The maximum atomic E-state index is 12.5. The molecule has 0 spiro atoms. The van der Waals surface area contributed by atoms with Crippen molar-refractivity contribution < 1.29 is 14.3 Å². The van der Waals surface area contributed by atoms with E-state index in [0.717, 1.165) is 24.2 Å². The summed E-state index contributed by atoms with van der Waals surface area (Å²) in [5.41, 5.74) is 1.79. The Bertz CT molecular complexity index is 573. The van der Waals surface area contributed by atoms with Gasteiger partial charge in [0.15, 0.2) is 0 Å². The lowest BCUT2D eigenvalue weighted by atomic mass is 9.94. The van der Waals surface area contributed by atoms with Crippen LogP contribution in [0.15, 0.2) is 42.0 Å². The van der Waals surface area contributed by atoms with Crippen LogP contribution in [-0.2, 0) is 15.1 Å². The van der Waals surface area contributed by atoms with Crippen molar-refractivity contribution in [2.24, 2.45) is 0 Å². The lowest BCUT2D eigenvalue weighted by molar-refractivity contribution is -0.0906. The van der Waals surface area contributed by atoms with E-state index < -0.39 is 5.60 Å². The zero-order valence-corrected chi connectivity index (χ0v) is 13.6. The van der Waals surface area contributed by atoms with Crippen molar-refractivity contribution in [2.45, 2.75) is 18.9 Å². The van der Waals surface area contributed by atoms with Crippen molar-refractivity contribution >= 4 is 6.03 Å². The van der Waals surface area contributed by atoms with E-state index in [0.29, 0.717) is 32.8 Å². The summed E-state index contributed by atoms with van der Waals surface area (Å²) in [7, 11) is 0. The maximum Gasteiger partial charge on any atom is 0.317 e. The van der Waals surface area contributed by atoms with E-state index in [9.17, 15) is 4.79 Å². The summed E-state index contributed by atoms with van der Waals surface area (Å²) in [6, 6.07) is 10.0. The third-order valence-electron chi connectivity index (χ3n) is 4.40. The number of morpholine rings is 1. The molecule has 124 valence electrons. The zero-order chi connectivity index (χ0) is 16.1. The first-order valence-electron chi connectivity index (χ1n) is 8.15. The largest absolute Gasteiger partial charge is 0.377 e. The van der Waals surface area contributed by atoms with Crippen molar-refractivity contribution in [3.8, 4) is 0 Å². The number of hydrogen-bond donors (Lipinski definition) is 1. The van der Waals surface area contributed by atoms with Crippen LogP contribution in [0.1, 0.15) is 18.9 Å². The number of nitrogens with one attached hydrogen (secondary N) is 1. The maximum absolute atomic E-state index is 12.5. The third kappa shape index (κ3) is 3.92. The van der Waals surface area contributed by atoms with Gasteiger partial charge in [-0.25, -0.2) is 4.79 Å². The average molecular weight is 316 g/mol. The summed E-state index contributed by atoms with van der Waals surface area (Å²) >= 11 is 0. The fraction of sp³-hybridized carbons (Fsp3) is 0.500. The van der Waals surface area contributed by atoms with Crippen molar-refractivity contribution in [2.75, 3.05) is 39.5 Å². The molecule has 1 atom stereocenters. The number of ether oxygens (including phenoxy) is 2. The second kappa shape index (κ2) is 7.15. The Kier molecular flexibility index (Phi) is 4.98. The standard InChI is InChI=1S/C18H24N2O3/c1-18(16-7-3-2-4-8-16)14-20(9-11-23-18)17(21)19-12-15-6-5-10-22-13-15/h2-4,6-8H,5,9-14H2,1H3,(H,19,21). The number of benzene rings is 1. The molecule has 1 saturated heterocycles. The van der Waals surface area contributed by atoms with Gasteiger partial charge in [-0.3, -0.25) is 0 Å². The summed E-state index contributed by atoms with van der Waals surface area (Å²) in [6.45, 7) is 5.70. The number of nitrogens with zero attached hydrogens (tertiary/aromatic N) is 1. The summed E-state index contributed by atoms with van der Waals surface area (Å²) in [5, 5.41) is 2.99. The first-order valence-corrected chi connectivity index (χ1v) is 8.15. The van der Waals surface area contributed by atoms with Crippen LogP contribution in [0.4, 0.5) is 4.79 Å². The van der Waals surface area contributed by atoms with Gasteiger partial charge >= 0.3 is 6.03 Å². The third-order valence-corrected chi connectivity index (χ3v) is 4.40. The second-order valence-electron chi connectivity index (χ2n) is 6.23. The van der Waals surface area contributed by atoms with Gasteiger partial charge in [0, 0.05) is 13.1 Å². The number of carbonyl (C=O) groups is 1. The second-order valence-corrected chi connectivity index (χ2v) is 6.23. The molecule has 1 unspecified atom stereocenters. The smallest absolute Gasteiger partial charge is 0.317 e. The van der Waals surface area contributed by atoms with Crippen LogP contribution in [0.3, 0.4) is 0 Å². The first kappa shape index (κ1) is 16.0. The predicted octanol–water partition coefficient (Wildman–Crippen LogP) is 2.29. The Balaban J connectivity index is 1.59. The van der Waals surface area contributed by atoms with E-state index in [-0.39, 0.29) is 6.03 Å². The molecule has 3 rings (SSSR count). The van der Waals surface area contributed by atoms with Crippen molar-refractivity contribution in [1.82, 2.24) is 10.2 Å². The number of amides is 2. The van der Waals surface area contributed by atoms with Gasteiger partial charge in [-0.2, -0.15) is 0 Å². The minimum absolute atomic E-state index is 0.0399. The molecule has 1 fully saturated rings. The van der Waals surface area contributed by atoms with Crippen LogP contribution in [0.25, 0.3) is 0 Å². The fourth-order valence-electron chi connectivity index (χ4n) is 3.04. The summed E-state index contributed by atoms with van der Waals surface area (Å²) in [6.07, 6.45) is 3.08. The highest BCUT2D eigenvalue weighted by atomic mass is 16.5. The molecule has 2 amide bonds. The SMILES string of the molecule is CC1(c2ccccc2)CN(C(=O)NCC2=CCCOC2)CCO1. The molecule has 5 nitrogen and oxygen atoms in total. The van der Waals surface area contributed by atoms with E-state index in [1.807, 2.05) is 42.2 Å². The Morgan fingerprint density at radius 3 is 2.87 bits per heavy atom. The number of carbonyl (C=O) groups excluding carboxylic acids is 1. The minimum Gasteiger partial charge on any atom is -0.377 e. The zero-order valence-electron chi connectivity index (χ0n) is 13.6. The van der Waals surface area contributed by atoms with Gasteiger partial charge in [0.2, 0.25) is 0 Å². The molecule has 5 heteroatoms. The molecule has 1 aromatic carbocycles. The quantitative estimate of drug-likeness (QED) is 0.871. The molecule has 0 radical (unpaired) electrons. The molecule has 1 aromatic rings. The van der Waals surface area contributed by atoms with Crippen molar-refractivity contribution in [3.05, 3.63) is 47.5 Å². The fourth-order valence-corrected chi connectivity index (χ4v) is 3.04. The molecule has 0 bridgehead atoms. The lowest BCUT2D eigenvalue weighted by Gasteiger charge is -2.40. The average Bonchev–Trinajstić information content (AvgIpc) is 2.61. The van der Waals surface area contributed by atoms with E-state index in [1.165, 1.54) is 0 Å². The molecule has 2 aliphatic heterocycles. The van der Waals surface area contributed by atoms with Crippen LogP contribution in [0, 0.1) is 0 Å². The van der Waals surface area contributed by atoms with Crippen LogP contribution in [0.5, 0.6) is 0 Å². The topological polar surface area (TPSA) is 50.8 Å². The first-order chi connectivity index (χ1) is 11.2. The van der Waals surface area contributed by atoms with E-state index in [4.69, 9.17) is 9.47 Å². The molecule has 0 saturated carbocycles.